The molecule has 1 fully saturated rings. The highest BCUT2D eigenvalue weighted by atomic mass is 16.5. The molecule has 2 rings (SSSR count). The summed E-state index contributed by atoms with van der Waals surface area (Å²) < 4.78 is 4.66. The van der Waals surface area contributed by atoms with Gasteiger partial charge in [-0.25, -0.2) is 9.59 Å². The molecular weight excluding hydrogens is 260 g/mol. The van der Waals surface area contributed by atoms with Crippen LogP contribution in [-0.4, -0.2) is 55.4 Å². The SMILES string of the molecule is COC(=O)c1ccc(N2CCCN(C(=O)O)CC2)cc1. The molecule has 0 spiro atoms. The zero-order valence-corrected chi connectivity index (χ0v) is 11.4. The number of ether oxygens (including phenoxy) is 1. The van der Waals surface area contributed by atoms with Gasteiger partial charge < -0.3 is 19.6 Å². The topological polar surface area (TPSA) is 70.1 Å². The first-order chi connectivity index (χ1) is 9.61. The quantitative estimate of drug-likeness (QED) is 0.833. The Kier molecular flexibility index (Phi) is 4.45. The molecule has 20 heavy (non-hydrogen) atoms. The zero-order valence-electron chi connectivity index (χ0n) is 11.4. The van der Waals surface area contributed by atoms with Gasteiger partial charge in [0, 0.05) is 31.9 Å². The molecule has 1 heterocycles. The van der Waals surface area contributed by atoms with E-state index in [1.807, 2.05) is 12.1 Å². The van der Waals surface area contributed by atoms with E-state index >= 15 is 0 Å². The van der Waals surface area contributed by atoms with Crippen molar-refractivity contribution in [2.75, 3.05) is 38.2 Å². The van der Waals surface area contributed by atoms with E-state index in [0.29, 0.717) is 25.2 Å². The minimum absolute atomic E-state index is 0.357. The van der Waals surface area contributed by atoms with Crippen molar-refractivity contribution in [2.45, 2.75) is 6.42 Å². The van der Waals surface area contributed by atoms with Crippen LogP contribution in [0.25, 0.3) is 0 Å². The number of carboxylic acid groups (broad SMARTS) is 1. The van der Waals surface area contributed by atoms with Gasteiger partial charge in [0.15, 0.2) is 0 Å². The molecule has 0 radical (unpaired) electrons. The summed E-state index contributed by atoms with van der Waals surface area (Å²) in [5, 5.41) is 9.00. The summed E-state index contributed by atoms with van der Waals surface area (Å²) in [4.78, 5) is 25.9. The number of carbonyl (C=O) groups excluding carboxylic acids is 1. The van der Waals surface area contributed by atoms with E-state index in [4.69, 9.17) is 5.11 Å². The van der Waals surface area contributed by atoms with Crippen molar-refractivity contribution >= 4 is 17.7 Å². The van der Waals surface area contributed by atoms with Crippen LogP contribution in [0.4, 0.5) is 10.5 Å². The fourth-order valence-electron chi connectivity index (χ4n) is 2.29. The standard InChI is InChI=1S/C14H18N2O4/c1-20-13(17)11-3-5-12(6-4-11)15-7-2-8-16(10-9-15)14(18)19/h3-6H,2,7-10H2,1H3,(H,18,19). The van der Waals surface area contributed by atoms with Crippen molar-refractivity contribution in [2.24, 2.45) is 0 Å². The number of hydrogen-bond donors (Lipinski definition) is 1. The molecule has 0 aromatic heterocycles. The Hall–Kier alpha value is -2.24. The van der Waals surface area contributed by atoms with E-state index in [1.54, 1.807) is 12.1 Å². The summed E-state index contributed by atoms with van der Waals surface area (Å²) in [6.07, 6.45) is -0.0710. The van der Waals surface area contributed by atoms with Gasteiger partial charge in [-0.3, -0.25) is 0 Å². The van der Waals surface area contributed by atoms with Crippen LogP contribution in [0.2, 0.25) is 0 Å². The second-order valence-electron chi connectivity index (χ2n) is 4.65. The zero-order chi connectivity index (χ0) is 14.5. The van der Waals surface area contributed by atoms with Gasteiger partial charge in [0.05, 0.1) is 12.7 Å². The maximum Gasteiger partial charge on any atom is 0.407 e. The van der Waals surface area contributed by atoms with Crippen molar-refractivity contribution in [1.82, 2.24) is 4.90 Å². The van der Waals surface area contributed by atoms with Gasteiger partial charge in [-0.1, -0.05) is 0 Å². The van der Waals surface area contributed by atoms with Crippen molar-refractivity contribution in [3.63, 3.8) is 0 Å². The number of hydrogen-bond acceptors (Lipinski definition) is 4. The number of esters is 1. The summed E-state index contributed by atoms with van der Waals surface area (Å²) in [7, 11) is 1.35. The highest BCUT2D eigenvalue weighted by Crippen LogP contribution is 2.18. The molecule has 1 aliphatic rings. The minimum Gasteiger partial charge on any atom is -0.465 e. The molecule has 1 amide bonds. The molecule has 1 aromatic carbocycles. The molecule has 108 valence electrons. The van der Waals surface area contributed by atoms with Crippen molar-refractivity contribution in [1.29, 1.82) is 0 Å². The first-order valence-corrected chi connectivity index (χ1v) is 6.53. The van der Waals surface area contributed by atoms with Crippen molar-refractivity contribution in [3.8, 4) is 0 Å². The van der Waals surface area contributed by atoms with Crippen LogP contribution in [0.3, 0.4) is 0 Å². The maximum absolute atomic E-state index is 11.4. The lowest BCUT2D eigenvalue weighted by molar-refractivity contribution is 0.0600. The Morgan fingerprint density at radius 2 is 1.80 bits per heavy atom. The van der Waals surface area contributed by atoms with Crippen LogP contribution < -0.4 is 4.90 Å². The van der Waals surface area contributed by atoms with Crippen LogP contribution in [0.5, 0.6) is 0 Å². The Balaban J connectivity index is 2.04. The van der Waals surface area contributed by atoms with Crippen LogP contribution in [0.15, 0.2) is 24.3 Å². The molecule has 0 aliphatic carbocycles. The maximum atomic E-state index is 11.4. The molecule has 0 atom stereocenters. The minimum atomic E-state index is -0.868. The largest absolute Gasteiger partial charge is 0.465 e. The Bertz CT molecular complexity index is 486. The first kappa shape index (κ1) is 14.2. The highest BCUT2D eigenvalue weighted by molar-refractivity contribution is 5.89. The number of benzene rings is 1. The van der Waals surface area contributed by atoms with Gasteiger partial charge in [-0.05, 0) is 30.7 Å². The fraction of sp³-hybridized carbons (Fsp3) is 0.429. The molecule has 1 N–H and O–H groups in total. The Morgan fingerprint density at radius 1 is 1.10 bits per heavy atom. The lowest BCUT2D eigenvalue weighted by Crippen LogP contribution is -2.34. The van der Waals surface area contributed by atoms with Crippen LogP contribution in [-0.2, 0) is 4.74 Å². The molecule has 1 aromatic rings. The Morgan fingerprint density at radius 3 is 2.40 bits per heavy atom. The Labute approximate surface area is 117 Å². The van der Waals surface area contributed by atoms with Crippen molar-refractivity contribution in [3.05, 3.63) is 29.8 Å². The number of amides is 1. The van der Waals surface area contributed by atoms with Gasteiger partial charge in [0.2, 0.25) is 0 Å². The van der Waals surface area contributed by atoms with E-state index in [0.717, 1.165) is 18.7 Å². The summed E-state index contributed by atoms with van der Waals surface area (Å²) >= 11 is 0. The second kappa shape index (κ2) is 6.27. The third-order valence-electron chi connectivity index (χ3n) is 3.42. The van der Waals surface area contributed by atoms with Gasteiger partial charge >= 0.3 is 12.1 Å². The second-order valence-corrected chi connectivity index (χ2v) is 4.65. The van der Waals surface area contributed by atoms with E-state index in [1.165, 1.54) is 12.0 Å². The summed E-state index contributed by atoms with van der Waals surface area (Å²) in [5.74, 6) is -0.357. The number of rotatable bonds is 2. The predicted octanol–water partition coefficient (Wildman–Crippen LogP) is 1.66. The first-order valence-electron chi connectivity index (χ1n) is 6.53. The molecule has 1 saturated heterocycles. The normalized spacial score (nSPS) is 15.7. The monoisotopic (exact) mass is 278 g/mol. The van der Waals surface area contributed by atoms with Crippen LogP contribution in [0.1, 0.15) is 16.8 Å². The summed E-state index contributed by atoms with van der Waals surface area (Å²) in [6.45, 7) is 2.52. The van der Waals surface area contributed by atoms with Crippen molar-refractivity contribution < 1.29 is 19.4 Å². The van der Waals surface area contributed by atoms with E-state index in [2.05, 4.69) is 9.64 Å². The third kappa shape index (κ3) is 3.20. The van der Waals surface area contributed by atoms with E-state index in [-0.39, 0.29) is 5.97 Å². The number of nitrogens with zero attached hydrogens (tertiary/aromatic N) is 2. The van der Waals surface area contributed by atoms with Crippen LogP contribution >= 0.6 is 0 Å². The average molecular weight is 278 g/mol. The molecule has 6 heteroatoms. The van der Waals surface area contributed by atoms with Crippen LogP contribution in [0, 0.1) is 0 Å². The molecule has 0 bridgehead atoms. The lowest BCUT2D eigenvalue weighted by atomic mass is 10.2. The van der Waals surface area contributed by atoms with Gasteiger partial charge in [0.25, 0.3) is 0 Å². The van der Waals surface area contributed by atoms with Gasteiger partial charge in [0.1, 0.15) is 0 Å². The number of methoxy groups -OCH3 is 1. The predicted molar refractivity (Wildman–Crippen MR) is 74.2 cm³/mol. The molecule has 0 saturated carbocycles. The average Bonchev–Trinajstić information content (AvgIpc) is 2.72. The third-order valence-corrected chi connectivity index (χ3v) is 3.42. The summed E-state index contributed by atoms with van der Waals surface area (Å²) in [6, 6.07) is 7.17. The van der Waals surface area contributed by atoms with E-state index in [9.17, 15) is 9.59 Å². The number of carbonyl (C=O) groups is 2. The van der Waals surface area contributed by atoms with E-state index < -0.39 is 6.09 Å². The van der Waals surface area contributed by atoms with Gasteiger partial charge in [-0.15, -0.1) is 0 Å². The number of anilines is 1. The smallest absolute Gasteiger partial charge is 0.407 e. The molecular formula is C14H18N2O4. The van der Waals surface area contributed by atoms with Gasteiger partial charge in [-0.2, -0.15) is 0 Å². The lowest BCUT2D eigenvalue weighted by Gasteiger charge is -2.23. The molecule has 0 unspecified atom stereocenters. The molecule has 6 nitrogen and oxygen atoms in total. The molecule has 1 aliphatic heterocycles. The summed E-state index contributed by atoms with van der Waals surface area (Å²) in [5.41, 5.74) is 1.50. The highest BCUT2D eigenvalue weighted by Gasteiger charge is 2.18. The fourth-order valence-corrected chi connectivity index (χ4v) is 2.29.